The minimum atomic E-state index is -3.50. The first-order valence-electron chi connectivity index (χ1n) is 7.76. The lowest BCUT2D eigenvalue weighted by molar-refractivity contribution is -0.0831. The normalized spacial score (nSPS) is 19.1. The molecule has 1 aromatic carbocycles. The third-order valence-electron chi connectivity index (χ3n) is 3.75. The lowest BCUT2D eigenvalue weighted by Crippen LogP contribution is -2.30. The highest BCUT2D eigenvalue weighted by molar-refractivity contribution is 6.02. The highest BCUT2D eigenvalue weighted by atomic mass is 19.3. The molecule has 2 aromatic rings. The van der Waals surface area contributed by atoms with Crippen molar-refractivity contribution in [2.45, 2.75) is 12.0 Å². The molecule has 3 rings (SSSR count). The van der Waals surface area contributed by atoms with E-state index in [0.717, 1.165) is 30.5 Å². The number of rotatable bonds is 3. The van der Waals surface area contributed by atoms with E-state index in [2.05, 4.69) is 15.3 Å². The van der Waals surface area contributed by atoms with E-state index in [9.17, 15) is 22.4 Å². The second-order valence-corrected chi connectivity index (χ2v) is 5.83. The fourth-order valence-electron chi connectivity index (χ4n) is 2.50. The Hall–Kier alpha value is -3.01. The predicted octanol–water partition coefficient (Wildman–Crippen LogP) is 2.68. The van der Waals surface area contributed by atoms with Crippen LogP contribution in [0.25, 0.3) is 0 Å². The number of nitrogens with zero attached hydrogens (tertiary/aromatic N) is 2. The quantitative estimate of drug-likeness (QED) is 0.799. The molecule has 0 spiro atoms. The maximum atomic E-state index is 14.3. The Balaban J connectivity index is 1.91. The van der Waals surface area contributed by atoms with Gasteiger partial charge in [0.25, 0.3) is 11.8 Å². The minimum absolute atomic E-state index is 0.0391. The number of pyridine rings is 1. The summed E-state index contributed by atoms with van der Waals surface area (Å²) in [6.07, 6.45) is 0.856. The minimum Gasteiger partial charge on any atom is -0.386 e. The van der Waals surface area contributed by atoms with Crippen molar-refractivity contribution in [1.29, 1.82) is 0 Å². The van der Waals surface area contributed by atoms with E-state index in [4.69, 9.17) is 10.5 Å². The summed E-state index contributed by atoms with van der Waals surface area (Å²) < 4.78 is 60.4. The van der Waals surface area contributed by atoms with Crippen LogP contribution in [0.5, 0.6) is 0 Å². The van der Waals surface area contributed by atoms with Crippen molar-refractivity contribution in [1.82, 2.24) is 4.98 Å². The van der Waals surface area contributed by atoms with E-state index in [0.29, 0.717) is 0 Å². The fraction of sp³-hybridized carbons (Fsp3) is 0.235. The Kier molecular flexibility index (Phi) is 5.08. The summed E-state index contributed by atoms with van der Waals surface area (Å²) in [4.78, 5) is 19.4. The van der Waals surface area contributed by atoms with Gasteiger partial charge in [0.05, 0.1) is 6.20 Å². The van der Waals surface area contributed by atoms with Crippen molar-refractivity contribution in [3.63, 3.8) is 0 Å². The summed E-state index contributed by atoms with van der Waals surface area (Å²) in [5.41, 5.74) is 5.00. The molecule has 1 aromatic heterocycles. The molecule has 1 unspecified atom stereocenters. The third-order valence-corrected chi connectivity index (χ3v) is 3.75. The zero-order chi connectivity index (χ0) is 19.6. The first-order valence-corrected chi connectivity index (χ1v) is 7.76. The molecule has 1 aliphatic heterocycles. The number of amides is 1. The Morgan fingerprint density at radius 2 is 2.04 bits per heavy atom. The maximum absolute atomic E-state index is 14.3. The fourth-order valence-corrected chi connectivity index (χ4v) is 2.50. The molecular formula is C17H14F4N4O2. The number of halogens is 4. The molecule has 1 atom stereocenters. The van der Waals surface area contributed by atoms with Crippen molar-refractivity contribution >= 4 is 17.4 Å². The van der Waals surface area contributed by atoms with Crippen molar-refractivity contribution in [3.05, 3.63) is 59.4 Å². The highest BCUT2D eigenvalue weighted by Crippen LogP contribution is 2.38. The van der Waals surface area contributed by atoms with Gasteiger partial charge in [0, 0.05) is 11.3 Å². The maximum Gasteiger partial charge on any atom is 0.297 e. The zero-order valence-corrected chi connectivity index (χ0v) is 13.8. The number of aromatic nitrogens is 1. The van der Waals surface area contributed by atoms with E-state index < -0.39 is 41.7 Å². The van der Waals surface area contributed by atoms with E-state index >= 15 is 0 Å². The van der Waals surface area contributed by atoms with E-state index in [1.807, 2.05) is 0 Å². The topological polar surface area (TPSA) is 89.6 Å². The molecule has 0 bridgehead atoms. The Morgan fingerprint density at radius 1 is 1.26 bits per heavy atom. The number of nitrogens with two attached hydrogens (primary N) is 1. The molecule has 1 aliphatic rings. The van der Waals surface area contributed by atoms with Gasteiger partial charge in [0.15, 0.2) is 0 Å². The van der Waals surface area contributed by atoms with Gasteiger partial charge in [-0.3, -0.25) is 9.79 Å². The summed E-state index contributed by atoms with van der Waals surface area (Å²) in [7, 11) is 0. The van der Waals surface area contributed by atoms with Crippen molar-refractivity contribution in [2.75, 3.05) is 18.5 Å². The van der Waals surface area contributed by atoms with Gasteiger partial charge >= 0.3 is 0 Å². The highest BCUT2D eigenvalue weighted by Gasteiger charge is 2.44. The molecule has 2 heterocycles. The molecule has 0 fully saturated rings. The van der Waals surface area contributed by atoms with Gasteiger partial charge in [-0.1, -0.05) is 0 Å². The number of amidine groups is 1. The smallest absolute Gasteiger partial charge is 0.297 e. The Bertz CT molecular complexity index is 887. The standard InChI is InChI=1S/C17H14F4N4O2/c18-9-1-4-13(23-6-9)16(26)24-10-2-3-12(19)11(5-10)15-17(20,21)8-27-7-14(22)25-15/h1-6,15H,7-8H2,(H2,22,25)(H,24,26). The molecule has 0 saturated carbocycles. The molecular weight excluding hydrogens is 368 g/mol. The number of anilines is 1. The van der Waals surface area contributed by atoms with Crippen LogP contribution in [0.3, 0.4) is 0 Å². The molecule has 6 nitrogen and oxygen atoms in total. The van der Waals surface area contributed by atoms with E-state index in [1.165, 1.54) is 6.07 Å². The van der Waals surface area contributed by atoms with Crippen LogP contribution in [0.2, 0.25) is 0 Å². The molecule has 142 valence electrons. The van der Waals surface area contributed by atoms with Gasteiger partial charge in [-0.05, 0) is 30.3 Å². The van der Waals surface area contributed by atoms with Crippen LogP contribution in [0.15, 0.2) is 41.5 Å². The molecule has 10 heteroatoms. The predicted molar refractivity (Wildman–Crippen MR) is 88.7 cm³/mol. The summed E-state index contributed by atoms with van der Waals surface area (Å²) in [5, 5.41) is 2.39. The molecule has 0 radical (unpaired) electrons. The van der Waals surface area contributed by atoms with Gasteiger partial charge in [0.2, 0.25) is 0 Å². The second-order valence-electron chi connectivity index (χ2n) is 5.83. The van der Waals surface area contributed by atoms with Crippen molar-refractivity contribution in [3.8, 4) is 0 Å². The number of aliphatic imine (C=N–C) groups is 1. The number of hydrogen-bond acceptors (Lipinski definition) is 5. The van der Waals surface area contributed by atoms with Gasteiger partial charge in [0.1, 0.15) is 42.4 Å². The van der Waals surface area contributed by atoms with Gasteiger partial charge < -0.3 is 15.8 Å². The number of nitrogens with one attached hydrogen (secondary N) is 1. The molecule has 1 amide bonds. The number of ether oxygens (including phenoxy) is 1. The van der Waals surface area contributed by atoms with Crippen LogP contribution in [0, 0.1) is 11.6 Å². The third kappa shape index (κ3) is 4.22. The zero-order valence-electron chi connectivity index (χ0n) is 13.8. The first kappa shape index (κ1) is 18.8. The number of carbonyl (C=O) groups excluding carboxylic acids is 1. The molecule has 3 N–H and O–H groups in total. The Morgan fingerprint density at radius 3 is 2.74 bits per heavy atom. The first-order chi connectivity index (χ1) is 12.8. The summed E-state index contributed by atoms with van der Waals surface area (Å²) >= 11 is 0. The second kappa shape index (κ2) is 7.31. The van der Waals surface area contributed by atoms with E-state index in [-0.39, 0.29) is 23.8 Å². The summed E-state index contributed by atoms with van der Waals surface area (Å²) in [5.74, 6) is -5.96. The van der Waals surface area contributed by atoms with Gasteiger partial charge in [-0.25, -0.2) is 22.5 Å². The average Bonchev–Trinajstić information content (AvgIpc) is 2.74. The van der Waals surface area contributed by atoms with Gasteiger partial charge in [-0.2, -0.15) is 0 Å². The molecule has 27 heavy (non-hydrogen) atoms. The lowest BCUT2D eigenvalue weighted by Gasteiger charge is -2.22. The lowest BCUT2D eigenvalue weighted by atomic mass is 10.00. The van der Waals surface area contributed by atoms with E-state index in [1.54, 1.807) is 0 Å². The van der Waals surface area contributed by atoms with Gasteiger partial charge in [-0.15, -0.1) is 0 Å². The van der Waals surface area contributed by atoms with Crippen LogP contribution >= 0.6 is 0 Å². The van der Waals surface area contributed by atoms with Crippen LogP contribution < -0.4 is 11.1 Å². The number of carbonyl (C=O) groups is 1. The number of benzene rings is 1. The monoisotopic (exact) mass is 382 g/mol. The average molecular weight is 382 g/mol. The van der Waals surface area contributed by atoms with Crippen LogP contribution in [0.4, 0.5) is 23.2 Å². The number of alkyl halides is 2. The summed E-state index contributed by atoms with van der Waals surface area (Å²) in [6.45, 7) is -1.27. The van der Waals surface area contributed by atoms with Crippen LogP contribution in [-0.2, 0) is 4.74 Å². The molecule has 0 saturated heterocycles. The van der Waals surface area contributed by atoms with Crippen molar-refractivity contribution in [2.24, 2.45) is 10.7 Å². The summed E-state index contributed by atoms with van der Waals surface area (Å²) in [6, 6.07) is 3.45. The largest absolute Gasteiger partial charge is 0.386 e. The van der Waals surface area contributed by atoms with Crippen molar-refractivity contribution < 1.29 is 27.1 Å². The Labute approximate surface area is 151 Å². The molecule has 0 aliphatic carbocycles. The SMILES string of the molecule is NC1=NC(c2cc(NC(=O)c3ccc(F)cn3)ccc2F)C(F)(F)COC1. The van der Waals surface area contributed by atoms with Crippen LogP contribution in [0.1, 0.15) is 22.1 Å². The van der Waals surface area contributed by atoms with Crippen LogP contribution in [-0.4, -0.2) is 35.9 Å². The number of hydrogen-bond donors (Lipinski definition) is 2.